The highest BCUT2D eigenvalue weighted by Crippen LogP contribution is 2.28. The van der Waals surface area contributed by atoms with E-state index in [4.69, 9.17) is 0 Å². The van der Waals surface area contributed by atoms with Crippen molar-refractivity contribution < 1.29 is 14.1 Å². The second-order valence-electron chi connectivity index (χ2n) is 5.52. The molecule has 1 aromatic carbocycles. The van der Waals surface area contributed by atoms with Gasteiger partial charge in [-0.25, -0.2) is 4.98 Å². The van der Waals surface area contributed by atoms with E-state index in [0.29, 0.717) is 17.8 Å². The van der Waals surface area contributed by atoms with Crippen LogP contribution < -0.4 is 4.73 Å². The lowest BCUT2D eigenvalue weighted by Crippen LogP contribution is -2.43. The van der Waals surface area contributed by atoms with Crippen LogP contribution in [0.25, 0.3) is 11.0 Å². The third kappa shape index (κ3) is 2.01. The maximum Gasteiger partial charge on any atom is 0.276 e. The molecule has 1 aliphatic heterocycles. The maximum atomic E-state index is 12.6. The van der Waals surface area contributed by atoms with Crippen LogP contribution in [0.2, 0.25) is 0 Å². The van der Waals surface area contributed by atoms with Gasteiger partial charge in [0.15, 0.2) is 12.2 Å². The fraction of sp³-hybridized carbons (Fsp3) is 0.429. The van der Waals surface area contributed by atoms with E-state index in [1.165, 1.54) is 12.1 Å². The van der Waals surface area contributed by atoms with Gasteiger partial charge in [0.05, 0.1) is 24.1 Å². The highest BCUT2D eigenvalue weighted by molar-refractivity contribution is 5.74. The van der Waals surface area contributed by atoms with E-state index in [-0.39, 0.29) is 11.2 Å². The molecule has 2 aromatic rings. The first kappa shape index (κ1) is 13.7. The highest BCUT2D eigenvalue weighted by Gasteiger charge is 2.40. The number of hydrogen-bond donors (Lipinski definition) is 0. The summed E-state index contributed by atoms with van der Waals surface area (Å²) in [6.07, 6.45) is 0. The molecule has 0 radical (unpaired) electrons. The topological polar surface area (TPSA) is 83.0 Å². The second kappa shape index (κ2) is 4.63. The van der Waals surface area contributed by atoms with E-state index < -0.39 is 4.92 Å². The zero-order valence-electron chi connectivity index (χ0n) is 12.1. The minimum atomic E-state index is -0.495. The van der Waals surface area contributed by atoms with E-state index in [0.717, 1.165) is 34.5 Å². The summed E-state index contributed by atoms with van der Waals surface area (Å²) in [6.45, 7) is 7.46. The quantitative estimate of drug-likeness (QED) is 0.283. The van der Waals surface area contributed by atoms with E-state index in [1.807, 2.05) is 0 Å². The Morgan fingerprint density at radius 2 is 2.05 bits per heavy atom. The van der Waals surface area contributed by atoms with Crippen LogP contribution in [0.1, 0.15) is 25.2 Å². The first-order valence-electron chi connectivity index (χ1n) is 7.04. The second-order valence-corrected chi connectivity index (χ2v) is 5.52. The SMILES string of the molecule is CC[N+]1(CC)Cc2nc3ccc([N+](=O)[O-])cc3[n+]([O-])c2C1. The van der Waals surface area contributed by atoms with Crippen LogP contribution in [0.3, 0.4) is 0 Å². The van der Waals surface area contributed by atoms with Crippen molar-refractivity contribution >= 4 is 16.7 Å². The number of fused-ring (bicyclic) bond motifs is 2. The van der Waals surface area contributed by atoms with Crippen LogP contribution in [0.15, 0.2) is 18.2 Å². The molecule has 0 saturated heterocycles. The molecule has 3 rings (SSSR count). The van der Waals surface area contributed by atoms with Crippen LogP contribution in [-0.4, -0.2) is 27.5 Å². The van der Waals surface area contributed by atoms with Gasteiger partial charge in [0.25, 0.3) is 11.4 Å². The Labute approximate surface area is 121 Å². The van der Waals surface area contributed by atoms with Crippen molar-refractivity contribution in [1.82, 2.24) is 4.98 Å². The van der Waals surface area contributed by atoms with Crippen molar-refractivity contribution in [2.45, 2.75) is 26.9 Å². The molecular weight excluding hydrogens is 272 g/mol. The van der Waals surface area contributed by atoms with E-state index in [9.17, 15) is 15.3 Å². The Kier molecular flexibility index (Phi) is 3.02. The lowest BCUT2D eigenvalue weighted by atomic mass is 10.2. The van der Waals surface area contributed by atoms with Crippen molar-refractivity contribution in [3.63, 3.8) is 0 Å². The van der Waals surface area contributed by atoms with Gasteiger partial charge in [-0.05, 0) is 19.9 Å². The Balaban J connectivity index is 2.19. The largest absolute Gasteiger partial charge is 0.618 e. The molecule has 0 fully saturated rings. The molecule has 0 bridgehead atoms. The number of non-ortho nitro benzene ring substituents is 1. The van der Waals surface area contributed by atoms with Gasteiger partial charge in [-0.1, -0.05) is 0 Å². The zero-order valence-corrected chi connectivity index (χ0v) is 12.1. The molecule has 1 aromatic heterocycles. The first-order chi connectivity index (χ1) is 9.99. The van der Waals surface area contributed by atoms with Gasteiger partial charge in [-0.2, -0.15) is 4.73 Å². The predicted molar refractivity (Wildman–Crippen MR) is 76.1 cm³/mol. The minimum absolute atomic E-state index is 0.0846. The summed E-state index contributed by atoms with van der Waals surface area (Å²) in [5, 5.41) is 23.4. The lowest BCUT2D eigenvalue weighted by molar-refractivity contribution is -0.947. The summed E-state index contributed by atoms with van der Waals surface area (Å²) in [4.78, 5) is 14.9. The average Bonchev–Trinajstić information content (AvgIpc) is 2.87. The summed E-state index contributed by atoms with van der Waals surface area (Å²) >= 11 is 0. The molecule has 0 aliphatic carbocycles. The molecular formula is C14H17N4O3+. The molecule has 2 heterocycles. The van der Waals surface area contributed by atoms with Crippen molar-refractivity contribution in [3.05, 3.63) is 44.9 Å². The fourth-order valence-corrected chi connectivity index (χ4v) is 3.00. The molecule has 0 amide bonds. The van der Waals surface area contributed by atoms with Crippen LogP contribution in [0.4, 0.5) is 5.69 Å². The van der Waals surface area contributed by atoms with Gasteiger partial charge in [0.1, 0.15) is 12.1 Å². The van der Waals surface area contributed by atoms with Crippen molar-refractivity contribution in [2.75, 3.05) is 13.1 Å². The molecule has 110 valence electrons. The number of rotatable bonds is 3. The molecule has 0 saturated carbocycles. The zero-order chi connectivity index (χ0) is 15.2. The summed E-state index contributed by atoms with van der Waals surface area (Å²) < 4.78 is 1.64. The normalized spacial score (nSPS) is 16.1. The van der Waals surface area contributed by atoms with Crippen molar-refractivity contribution in [1.29, 1.82) is 0 Å². The Morgan fingerprint density at radius 1 is 1.33 bits per heavy atom. The molecule has 7 heteroatoms. The van der Waals surface area contributed by atoms with Gasteiger partial charge in [-0.15, -0.1) is 0 Å². The summed E-state index contributed by atoms with van der Waals surface area (Å²) in [7, 11) is 0. The van der Waals surface area contributed by atoms with E-state index in [2.05, 4.69) is 18.8 Å². The molecule has 7 nitrogen and oxygen atoms in total. The minimum Gasteiger partial charge on any atom is -0.618 e. The Bertz CT molecular complexity index is 741. The summed E-state index contributed by atoms with van der Waals surface area (Å²) in [5.74, 6) is 0. The number of benzene rings is 1. The molecule has 0 atom stereocenters. The van der Waals surface area contributed by atoms with Crippen LogP contribution in [0.5, 0.6) is 0 Å². The monoisotopic (exact) mass is 289 g/mol. The Hall–Kier alpha value is -2.28. The van der Waals surface area contributed by atoms with Gasteiger partial charge >= 0.3 is 0 Å². The number of hydrogen-bond acceptors (Lipinski definition) is 4. The molecule has 0 unspecified atom stereocenters. The third-order valence-electron chi connectivity index (χ3n) is 4.53. The number of nitro benzene ring substituents is 1. The standard InChI is InChI=1S/C14H17N4O3/c1-3-18(4-2)8-12-14(9-18)16(19)13-7-10(17(20)21)5-6-11(13)15-12/h5-7H,3-4,8-9H2,1-2H3/q+1. The maximum absolute atomic E-state index is 12.6. The fourth-order valence-electron chi connectivity index (χ4n) is 3.00. The third-order valence-corrected chi connectivity index (χ3v) is 4.53. The number of quaternary nitrogens is 1. The van der Waals surface area contributed by atoms with Crippen molar-refractivity contribution in [2.24, 2.45) is 0 Å². The molecule has 0 N–H and O–H groups in total. The smallest absolute Gasteiger partial charge is 0.276 e. The van der Waals surface area contributed by atoms with Crippen molar-refractivity contribution in [3.8, 4) is 0 Å². The summed E-state index contributed by atoms with van der Waals surface area (Å²) in [6, 6.07) is 4.24. The predicted octanol–water partition coefficient (Wildman–Crippen LogP) is 1.65. The number of nitrogens with zero attached hydrogens (tertiary/aromatic N) is 4. The van der Waals surface area contributed by atoms with Crippen LogP contribution >= 0.6 is 0 Å². The van der Waals surface area contributed by atoms with Gasteiger partial charge in [-0.3, -0.25) is 10.1 Å². The van der Waals surface area contributed by atoms with Crippen LogP contribution in [-0.2, 0) is 13.1 Å². The first-order valence-corrected chi connectivity index (χ1v) is 7.04. The summed E-state index contributed by atoms with van der Waals surface area (Å²) in [5.41, 5.74) is 2.16. The van der Waals surface area contributed by atoms with Crippen LogP contribution in [0, 0.1) is 15.3 Å². The van der Waals surface area contributed by atoms with Gasteiger partial charge < -0.3 is 9.69 Å². The van der Waals surface area contributed by atoms with Gasteiger partial charge in [0, 0.05) is 6.07 Å². The van der Waals surface area contributed by atoms with E-state index in [1.54, 1.807) is 6.07 Å². The molecule has 0 spiro atoms. The van der Waals surface area contributed by atoms with E-state index >= 15 is 0 Å². The van der Waals surface area contributed by atoms with Gasteiger partial charge in [0.2, 0.25) is 5.52 Å². The Morgan fingerprint density at radius 3 is 2.67 bits per heavy atom. The average molecular weight is 289 g/mol. The number of aromatic nitrogens is 2. The molecule has 1 aliphatic rings. The number of nitro groups is 1. The highest BCUT2D eigenvalue weighted by atomic mass is 16.6. The lowest BCUT2D eigenvalue weighted by Gasteiger charge is -2.30. The molecule has 21 heavy (non-hydrogen) atoms.